The van der Waals surface area contributed by atoms with Crippen molar-refractivity contribution in [2.75, 3.05) is 5.32 Å². The van der Waals surface area contributed by atoms with E-state index in [4.69, 9.17) is 16.7 Å². The van der Waals surface area contributed by atoms with Crippen LogP contribution in [0.4, 0.5) is 10.1 Å². The predicted octanol–water partition coefficient (Wildman–Crippen LogP) is 3.74. The smallest absolute Gasteiger partial charge is 0.337 e. The number of hydrogen-bond acceptors (Lipinski definition) is 2. The van der Waals surface area contributed by atoms with Gasteiger partial charge in [0.05, 0.1) is 21.8 Å². The third-order valence-electron chi connectivity index (χ3n) is 2.90. The molecule has 0 atom stereocenters. The Morgan fingerprint density at radius 3 is 2.57 bits per heavy atom. The average Bonchev–Trinajstić information content (AvgIpc) is 2.43. The number of benzene rings is 2. The molecule has 1 amide bonds. The van der Waals surface area contributed by atoms with E-state index < -0.39 is 17.7 Å². The van der Waals surface area contributed by atoms with E-state index >= 15 is 0 Å². The largest absolute Gasteiger partial charge is 0.478 e. The van der Waals surface area contributed by atoms with Crippen LogP contribution in [0.2, 0.25) is 5.02 Å². The number of carboxylic acids is 1. The molecule has 0 saturated heterocycles. The number of rotatable bonds is 3. The van der Waals surface area contributed by atoms with E-state index in [1.54, 1.807) is 19.1 Å². The monoisotopic (exact) mass is 307 g/mol. The van der Waals surface area contributed by atoms with Gasteiger partial charge in [0.25, 0.3) is 5.91 Å². The first-order chi connectivity index (χ1) is 9.90. The van der Waals surface area contributed by atoms with Crippen LogP contribution in [0.25, 0.3) is 0 Å². The number of aromatic carboxylic acids is 1. The van der Waals surface area contributed by atoms with E-state index in [0.29, 0.717) is 0 Å². The van der Waals surface area contributed by atoms with Crippen molar-refractivity contribution in [1.29, 1.82) is 0 Å². The van der Waals surface area contributed by atoms with Gasteiger partial charge in [-0.25, -0.2) is 9.18 Å². The highest BCUT2D eigenvalue weighted by Gasteiger charge is 2.16. The molecule has 0 fully saturated rings. The zero-order valence-corrected chi connectivity index (χ0v) is 11.7. The molecule has 0 unspecified atom stereocenters. The normalized spacial score (nSPS) is 10.2. The van der Waals surface area contributed by atoms with Gasteiger partial charge in [-0.3, -0.25) is 4.79 Å². The van der Waals surface area contributed by atoms with Gasteiger partial charge in [0, 0.05) is 0 Å². The molecule has 0 aliphatic carbocycles. The van der Waals surface area contributed by atoms with Crippen LogP contribution in [0.3, 0.4) is 0 Å². The zero-order valence-electron chi connectivity index (χ0n) is 11.0. The van der Waals surface area contributed by atoms with Crippen molar-refractivity contribution in [2.24, 2.45) is 0 Å². The van der Waals surface area contributed by atoms with Crippen LogP contribution in [-0.2, 0) is 0 Å². The number of nitrogens with one attached hydrogen (secondary N) is 1. The first kappa shape index (κ1) is 15.0. The van der Waals surface area contributed by atoms with E-state index in [0.717, 1.165) is 17.7 Å². The molecule has 2 aromatic rings. The van der Waals surface area contributed by atoms with Gasteiger partial charge < -0.3 is 10.4 Å². The Bertz CT molecular complexity index is 731. The summed E-state index contributed by atoms with van der Waals surface area (Å²) in [4.78, 5) is 23.2. The maximum Gasteiger partial charge on any atom is 0.337 e. The van der Waals surface area contributed by atoms with Crippen molar-refractivity contribution in [3.05, 3.63) is 63.9 Å². The number of aryl methyl sites for hydroxylation is 1. The summed E-state index contributed by atoms with van der Waals surface area (Å²) in [5.74, 6) is -2.59. The summed E-state index contributed by atoms with van der Waals surface area (Å²) in [6.45, 7) is 1.75. The summed E-state index contributed by atoms with van der Waals surface area (Å²) in [7, 11) is 0. The quantitative estimate of drug-likeness (QED) is 0.907. The van der Waals surface area contributed by atoms with Crippen molar-refractivity contribution in [1.82, 2.24) is 0 Å². The number of carboxylic acid groups (broad SMARTS) is 1. The van der Waals surface area contributed by atoms with Crippen LogP contribution >= 0.6 is 11.6 Å². The van der Waals surface area contributed by atoms with Gasteiger partial charge in [-0.1, -0.05) is 23.7 Å². The Labute approximate surface area is 125 Å². The van der Waals surface area contributed by atoms with Crippen molar-refractivity contribution >= 4 is 29.2 Å². The van der Waals surface area contributed by atoms with Gasteiger partial charge in [-0.05, 0) is 36.8 Å². The molecule has 108 valence electrons. The molecule has 0 radical (unpaired) electrons. The Morgan fingerprint density at radius 1 is 1.19 bits per heavy atom. The molecule has 0 spiro atoms. The second-order valence-electron chi connectivity index (χ2n) is 4.39. The Hall–Kier alpha value is -2.40. The lowest BCUT2D eigenvalue weighted by Crippen LogP contribution is -2.15. The van der Waals surface area contributed by atoms with Crippen molar-refractivity contribution in [3.8, 4) is 0 Å². The number of anilines is 1. The molecule has 2 aromatic carbocycles. The number of carbonyl (C=O) groups is 2. The van der Waals surface area contributed by atoms with E-state index in [1.807, 2.05) is 0 Å². The van der Waals surface area contributed by atoms with Crippen LogP contribution in [0.15, 0.2) is 36.4 Å². The lowest BCUT2D eigenvalue weighted by molar-refractivity contribution is 0.0697. The fourth-order valence-corrected chi connectivity index (χ4v) is 2.03. The molecule has 0 heterocycles. The Morgan fingerprint density at radius 2 is 1.90 bits per heavy atom. The molecule has 0 bridgehead atoms. The van der Waals surface area contributed by atoms with Gasteiger partial charge in [-0.15, -0.1) is 0 Å². The van der Waals surface area contributed by atoms with E-state index in [1.165, 1.54) is 12.1 Å². The maximum absolute atomic E-state index is 13.1. The third kappa shape index (κ3) is 3.20. The van der Waals surface area contributed by atoms with Gasteiger partial charge >= 0.3 is 5.97 Å². The van der Waals surface area contributed by atoms with Crippen LogP contribution in [0, 0.1) is 12.7 Å². The molecule has 0 aliphatic rings. The molecule has 0 aromatic heterocycles. The molecule has 2 rings (SSSR count). The van der Waals surface area contributed by atoms with Crippen molar-refractivity contribution in [2.45, 2.75) is 6.92 Å². The minimum absolute atomic E-state index is 0.00599. The highest BCUT2D eigenvalue weighted by atomic mass is 35.5. The average molecular weight is 308 g/mol. The third-order valence-corrected chi connectivity index (χ3v) is 3.40. The summed E-state index contributed by atoms with van der Waals surface area (Å²) in [5, 5.41) is 11.7. The topological polar surface area (TPSA) is 66.4 Å². The summed E-state index contributed by atoms with van der Waals surface area (Å²) in [5.41, 5.74) is 0.623. The van der Waals surface area contributed by atoms with Crippen molar-refractivity contribution < 1.29 is 19.1 Å². The molecule has 2 N–H and O–H groups in total. The second-order valence-corrected chi connectivity index (χ2v) is 4.76. The summed E-state index contributed by atoms with van der Waals surface area (Å²) in [6, 6.07) is 8.04. The highest BCUT2D eigenvalue weighted by Crippen LogP contribution is 2.23. The van der Waals surface area contributed by atoms with Crippen LogP contribution in [0.5, 0.6) is 0 Å². The molecular weight excluding hydrogens is 297 g/mol. The highest BCUT2D eigenvalue weighted by molar-refractivity contribution is 6.35. The lowest BCUT2D eigenvalue weighted by atomic mass is 10.1. The number of halogens is 2. The van der Waals surface area contributed by atoms with E-state index in [2.05, 4.69) is 5.32 Å². The first-order valence-electron chi connectivity index (χ1n) is 5.99. The van der Waals surface area contributed by atoms with Gasteiger partial charge in [-0.2, -0.15) is 0 Å². The molecule has 6 heteroatoms. The SMILES string of the molecule is Cc1cccc(C(=O)Nc2ccc(F)cc2C(=O)O)c1Cl. The molecule has 0 saturated carbocycles. The van der Waals surface area contributed by atoms with Crippen LogP contribution < -0.4 is 5.32 Å². The maximum atomic E-state index is 13.1. The van der Waals surface area contributed by atoms with Gasteiger partial charge in [0.15, 0.2) is 0 Å². The first-order valence-corrected chi connectivity index (χ1v) is 6.37. The minimum Gasteiger partial charge on any atom is -0.478 e. The Balaban J connectivity index is 2.36. The number of carbonyl (C=O) groups excluding carboxylic acids is 1. The molecule has 0 aliphatic heterocycles. The minimum atomic E-state index is -1.33. The van der Waals surface area contributed by atoms with E-state index in [9.17, 15) is 14.0 Å². The van der Waals surface area contributed by atoms with Crippen molar-refractivity contribution in [3.63, 3.8) is 0 Å². The van der Waals surface area contributed by atoms with Crippen LogP contribution in [-0.4, -0.2) is 17.0 Å². The fourth-order valence-electron chi connectivity index (χ4n) is 1.81. The summed E-state index contributed by atoms with van der Waals surface area (Å²) >= 11 is 6.04. The molecule has 21 heavy (non-hydrogen) atoms. The fraction of sp³-hybridized carbons (Fsp3) is 0.0667. The Kier molecular flexibility index (Phi) is 4.23. The van der Waals surface area contributed by atoms with Crippen LogP contribution in [0.1, 0.15) is 26.3 Å². The summed E-state index contributed by atoms with van der Waals surface area (Å²) < 4.78 is 13.1. The zero-order chi connectivity index (χ0) is 15.6. The number of amides is 1. The predicted molar refractivity (Wildman–Crippen MR) is 77.5 cm³/mol. The summed E-state index contributed by atoms with van der Waals surface area (Å²) in [6.07, 6.45) is 0. The standard InChI is InChI=1S/C15H11ClFNO3/c1-8-3-2-4-10(13(8)16)14(19)18-12-6-5-9(17)7-11(12)15(20)21/h2-7H,1H3,(H,18,19)(H,20,21). The van der Waals surface area contributed by atoms with Gasteiger partial charge in [0.1, 0.15) is 5.82 Å². The molecule has 4 nitrogen and oxygen atoms in total. The van der Waals surface area contributed by atoms with E-state index in [-0.39, 0.29) is 21.8 Å². The lowest BCUT2D eigenvalue weighted by Gasteiger charge is -2.10. The van der Waals surface area contributed by atoms with Gasteiger partial charge in [0.2, 0.25) is 0 Å². The molecular formula is C15H11ClFNO3. The second kappa shape index (κ2) is 5.93. The number of hydrogen-bond donors (Lipinski definition) is 2.